The fourth-order valence-electron chi connectivity index (χ4n) is 3.56. The minimum Gasteiger partial charge on any atom is -0.353 e. The molecule has 0 unspecified atom stereocenters. The molecule has 1 aliphatic heterocycles. The lowest BCUT2D eigenvalue weighted by Crippen LogP contribution is -2.49. The van der Waals surface area contributed by atoms with Gasteiger partial charge >= 0.3 is 0 Å². The first kappa shape index (κ1) is 11.9. The topological polar surface area (TPSA) is 29.1 Å². The zero-order valence-electron chi connectivity index (χ0n) is 10.5. The van der Waals surface area contributed by atoms with Crippen molar-refractivity contribution in [2.75, 3.05) is 0 Å². The molecule has 1 heterocycles. The van der Waals surface area contributed by atoms with Gasteiger partial charge < -0.3 is 5.32 Å². The summed E-state index contributed by atoms with van der Waals surface area (Å²) >= 11 is 0. The third kappa shape index (κ3) is 2.78. The highest BCUT2D eigenvalue weighted by molar-refractivity contribution is 5.77. The minimum absolute atomic E-state index is 0.287. The van der Waals surface area contributed by atoms with E-state index in [0.717, 1.165) is 24.7 Å². The van der Waals surface area contributed by atoms with Crippen molar-refractivity contribution in [3.05, 3.63) is 0 Å². The lowest BCUT2D eigenvalue weighted by molar-refractivity contribution is -0.125. The number of unbranched alkanes of at least 4 members (excludes halogenated alkanes) is 2. The van der Waals surface area contributed by atoms with E-state index in [1.54, 1.807) is 0 Å². The zero-order valence-corrected chi connectivity index (χ0v) is 10.5. The van der Waals surface area contributed by atoms with E-state index in [4.69, 9.17) is 0 Å². The quantitative estimate of drug-likeness (QED) is 0.728. The number of hydrogen-bond donors (Lipinski definition) is 1. The minimum atomic E-state index is 0.287. The first-order valence-corrected chi connectivity index (χ1v) is 7.10. The molecule has 2 heteroatoms. The van der Waals surface area contributed by atoms with Crippen LogP contribution in [0.2, 0.25) is 0 Å². The summed E-state index contributed by atoms with van der Waals surface area (Å²) in [5, 5.41) is 3.20. The van der Waals surface area contributed by atoms with Crippen LogP contribution in [0.1, 0.15) is 64.7 Å². The van der Waals surface area contributed by atoms with Gasteiger partial charge in [0.25, 0.3) is 0 Å². The van der Waals surface area contributed by atoms with Gasteiger partial charge in [-0.1, -0.05) is 45.4 Å². The number of fused-ring (bicyclic) bond motifs is 1. The summed E-state index contributed by atoms with van der Waals surface area (Å²) in [6.45, 7) is 2.27. The summed E-state index contributed by atoms with van der Waals surface area (Å²) in [6, 6.07) is 0.515. The molecule has 1 amide bonds. The third-order valence-corrected chi connectivity index (χ3v) is 4.44. The Balaban J connectivity index is 1.85. The second-order valence-electron chi connectivity index (χ2n) is 5.56. The molecule has 0 bridgehead atoms. The average molecular weight is 223 g/mol. The summed E-state index contributed by atoms with van der Waals surface area (Å²) < 4.78 is 0. The van der Waals surface area contributed by atoms with Crippen LogP contribution in [0.4, 0.5) is 0 Å². The molecule has 3 atom stereocenters. The van der Waals surface area contributed by atoms with Crippen molar-refractivity contribution in [2.24, 2.45) is 11.8 Å². The molecular formula is C14H25NO. The van der Waals surface area contributed by atoms with Crippen LogP contribution in [0.15, 0.2) is 0 Å². The first-order valence-electron chi connectivity index (χ1n) is 7.10. The predicted molar refractivity (Wildman–Crippen MR) is 66.1 cm³/mol. The van der Waals surface area contributed by atoms with Crippen molar-refractivity contribution in [1.82, 2.24) is 5.32 Å². The van der Waals surface area contributed by atoms with Gasteiger partial charge in [0.05, 0.1) is 0 Å². The third-order valence-electron chi connectivity index (χ3n) is 4.44. The van der Waals surface area contributed by atoms with Crippen LogP contribution >= 0.6 is 0 Å². The predicted octanol–water partition coefficient (Wildman–Crippen LogP) is 3.26. The highest BCUT2D eigenvalue weighted by atomic mass is 16.1. The summed E-state index contributed by atoms with van der Waals surface area (Å²) in [5.74, 6) is 1.98. The van der Waals surface area contributed by atoms with Gasteiger partial charge in [0.15, 0.2) is 0 Å². The molecule has 2 nitrogen and oxygen atoms in total. The molecule has 0 aromatic carbocycles. The number of carbonyl (C=O) groups excluding carboxylic acids is 1. The van der Waals surface area contributed by atoms with E-state index < -0.39 is 0 Å². The molecule has 16 heavy (non-hydrogen) atoms. The largest absolute Gasteiger partial charge is 0.353 e. The Kier molecular flexibility index (Phi) is 4.25. The van der Waals surface area contributed by atoms with E-state index in [1.807, 2.05) is 0 Å². The lowest BCUT2D eigenvalue weighted by atomic mass is 9.70. The Hall–Kier alpha value is -0.530. The number of nitrogens with one attached hydrogen (secondary N) is 1. The molecule has 0 aromatic heterocycles. The Morgan fingerprint density at radius 1 is 1.25 bits per heavy atom. The molecule has 0 aromatic rings. The zero-order chi connectivity index (χ0) is 11.4. The maximum Gasteiger partial charge on any atom is 0.220 e. The molecule has 1 aliphatic carbocycles. The molecule has 92 valence electrons. The second-order valence-corrected chi connectivity index (χ2v) is 5.56. The van der Waals surface area contributed by atoms with Gasteiger partial charge in [0.1, 0.15) is 0 Å². The summed E-state index contributed by atoms with van der Waals surface area (Å²) in [5.41, 5.74) is 0. The van der Waals surface area contributed by atoms with Gasteiger partial charge in [-0.3, -0.25) is 4.79 Å². The van der Waals surface area contributed by atoms with Crippen LogP contribution < -0.4 is 5.32 Å². The summed E-state index contributed by atoms with van der Waals surface area (Å²) in [7, 11) is 0. The van der Waals surface area contributed by atoms with Crippen molar-refractivity contribution >= 4 is 5.91 Å². The van der Waals surface area contributed by atoms with E-state index >= 15 is 0 Å². The van der Waals surface area contributed by atoms with Crippen molar-refractivity contribution in [1.29, 1.82) is 0 Å². The van der Waals surface area contributed by atoms with Crippen molar-refractivity contribution in [2.45, 2.75) is 70.8 Å². The Labute approximate surface area is 99.2 Å². The molecule has 1 N–H and O–H groups in total. The van der Waals surface area contributed by atoms with Crippen molar-refractivity contribution in [3.8, 4) is 0 Å². The van der Waals surface area contributed by atoms with Crippen LogP contribution in [0.5, 0.6) is 0 Å². The molecular weight excluding hydrogens is 198 g/mol. The molecule has 2 aliphatic rings. The van der Waals surface area contributed by atoms with Gasteiger partial charge in [0, 0.05) is 12.5 Å². The smallest absolute Gasteiger partial charge is 0.220 e. The fourth-order valence-corrected chi connectivity index (χ4v) is 3.56. The number of hydrogen-bond acceptors (Lipinski definition) is 1. The van der Waals surface area contributed by atoms with Crippen LogP contribution in [-0.2, 0) is 4.79 Å². The summed E-state index contributed by atoms with van der Waals surface area (Å²) in [4.78, 5) is 11.4. The highest BCUT2D eigenvalue weighted by Crippen LogP contribution is 2.38. The monoisotopic (exact) mass is 223 g/mol. The first-order chi connectivity index (χ1) is 7.81. The summed E-state index contributed by atoms with van der Waals surface area (Å²) in [6.07, 6.45) is 11.3. The van der Waals surface area contributed by atoms with Gasteiger partial charge in [-0.15, -0.1) is 0 Å². The van der Waals surface area contributed by atoms with Gasteiger partial charge in [-0.05, 0) is 24.7 Å². The van der Waals surface area contributed by atoms with Crippen molar-refractivity contribution in [3.63, 3.8) is 0 Å². The van der Waals surface area contributed by atoms with Crippen LogP contribution in [-0.4, -0.2) is 11.9 Å². The molecule has 2 fully saturated rings. The second kappa shape index (κ2) is 5.70. The molecule has 1 saturated carbocycles. The maximum absolute atomic E-state index is 11.4. The maximum atomic E-state index is 11.4. The molecule has 2 rings (SSSR count). The lowest BCUT2D eigenvalue weighted by Gasteiger charge is -2.41. The number of carbonyl (C=O) groups is 1. The van der Waals surface area contributed by atoms with E-state index in [-0.39, 0.29) is 5.91 Å². The Morgan fingerprint density at radius 3 is 2.94 bits per heavy atom. The van der Waals surface area contributed by atoms with Gasteiger partial charge in [0.2, 0.25) is 5.91 Å². The highest BCUT2D eigenvalue weighted by Gasteiger charge is 2.36. The van der Waals surface area contributed by atoms with E-state index in [9.17, 15) is 4.79 Å². The Morgan fingerprint density at radius 2 is 2.12 bits per heavy atom. The number of amides is 1. The molecule has 1 saturated heterocycles. The fraction of sp³-hybridized carbons (Fsp3) is 0.929. The van der Waals surface area contributed by atoms with E-state index in [1.165, 1.54) is 44.9 Å². The van der Waals surface area contributed by atoms with Crippen LogP contribution in [0.25, 0.3) is 0 Å². The Bertz CT molecular complexity index is 239. The molecule has 0 radical (unpaired) electrons. The van der Waals surface area contributed by atoms with Crippen LogP contribution in [0.3, 0.4) is 0 Å². The van der Waals surface area contributed by atoms with Crippen LogP contribution in [0, 0.1) is 11.8 Å². The average Bonchev–Trinajstić information content (AvgIpc) is 2.29. The normalized spacial score (nSPS) is 34.3. The van der Waals surface area contributed by atoms with Gasteiger partial charge in [-0.2, -0.15) is 0 Å². The van der Waals surface area contributed by atoms with Gasteiger partial charge in [-0.25, -0.2) is 0 Å². The van der Waals surface area contributed by atoms with E-state index in [0.29, 0.717) is 6.04 Å². The SMILES string of the molecule is CCCCC[C@H]1CCC[C@@H]2NC(=O)CC[C@H]12. The number of piperidine rings is 1. The molecule has 0 spiro atoms. The van der Waals surface area contributed by atoms with Crippen molar-refractivity contribution < 1.29 is 4.79 Å². The standard InChI is InChI=1S/C14H25NO/c1-2-3-4-6-11-7-5-8-13-12(11)9-10-14(16)15-13/h11-13H,2-10H2,1H3,(H,15,16)/t11-,12+,13-/m0/s1. The van der Waals surface area contributed by atoms with E-state index in [2.05, 4.69) is 12.2 Å². The number of rotatable bonds is 4.